The standard InChI is InChI=1S/C16H11FN2O5/c1-23-16-8-12-10(7-13(16)20)14(4-5-18-12)24-15-3-2-9(19(21)22)6-11(15)17/h2-8,20H,1H3. The van der Waals surface area contributed by atoms with Crippen LogP contribution in [0.15, 0.2) is 42.6 Å². The Bertz CT molecular complexity index is 945. The van der Waals surface area contributed by atoms with Crippen LogP contribution in [0.3, 0.4) is 0 Å². The highest BCUT2D eigenvalue weighted by molar-refractivity contribution is 5.88. The summed E-state index contributed by atoms with van der Waals surface area (Å²) in [6, 6.07) is 7.49. The number of aromatic nitrogens is 1. The number of phenols is 1. The summed E-state index contributed by atoms with van der Waals surface area (Å²) in [6.07, 6.45) is 1.46. The number of nitro groups is 1. The third kappa shape index (κ3) is 2.76. The number of aromatic hydroxyl groups is 1. The number of nitrogens with zero attached hydrogens (tertiary/aromatic N) is 2. The summed E-state index contributed by atoms with van der Waals surface area (Å²) in [5.74, 6) is -0.679. The summed E-state index contributed by atoms with van der Waals surface area (Å²) < 4.78 is 24.5. The first-order valence-corrected chi connectivity index (χ1v) is 6.77. The lowest BCUT2D eigenvalue weighted by Gasteiger charge is -2.11. The molecule has 0 fully saturated rings. The molecule has 0 unspecified atom stereocenters. The molecule has 1 heterocycles. The fourth-order valence-electron chi connectivity index (χ4n) is 2.19. The van der Waals surface area contributed by atoms with E-state index in [0.717, 1.165) is 12.1 Å². The van der Waals surface area contributed by atoms with Gasteiger partial charge in [-0.15, -0.1) is 0 Å². The summed E-state index contributed by atoms with van der Waals surface area (Å²) in [4.78, 5) is 14.1. The van der Waals surface area contributed by atoms with Crippen molar-refractivity contribution in [2.45, 2.75) is 0 Å². The summed E-state index contributed by atoms with van der Waals surface area (Å²) in [5.41, 5.74) is 0.103. The van der Waals surface area contributed by atoms with E-state index in [4.69, 9.17) is 9.47 Å². The van der Waals surface area contributed by atoms with Gasteiger partial charge in [-0.2, -0.15) is 0 Å². The van der Waals surface area contributed by atoms with Gasteiger partial charge in [-0.05, 0) is 18.2 Å². The number of phenolic OH excluding ortho intramolecular Hbond substituents is 1. The van der Waals surface area contributed by atoms with Crippen LogP contribution in [0, 0.1) is 15.9 Å². The molecular weight excluding hydrogens is 319 g/mol. The van der Waals surface area contributed by atoms with E-state index in [0.29, 0.717) is 10.9 Å². The molecule has 3 rings (SSSR count). The van der Waals surface area contributed by atoms with Gasteiger partial charge in [0, 0.05) is 23.7 Å². The second-order valence-corrected chi connectivity index (χ2v) is 4.82. The number of halogens is 1. The van der Waals surface area contributed by atoms with Gasteiger partial charge in [0.1, 0.15) is 5.75 Å². The lowest BCUT2D eigenvalue weighted by atomic mass is 10.2. The van der Waals surface area contributed by atoms with Gasteiger partial charge in [0.05, 0.1) is 23.6 Å². The first-order chi connectivity index (χ1) is 11.5. The van der Waals surface area contributed by atoms with Crippen LogP contribution in [0.4, 0.5) is 10.1 Å². The molecule has 24 heavy (non-hydrogen) atoms. The topological polar surface area (TPSA) is 94.7 Å². The Labute approximate surface area is 135 Å². The highest BCUT2D eigenvalue weighted by Crippen LogP contribution is 2.37. The van der Waals surface area contributed by atoms with E-state index in [1.165, 1.54) is 37.6 Å². The Morgan fingerprint density at radius 1 is 1.17 bits per heavy atom. The molecule has 122 valence electrons. The number of rotatable bonds is 4. The lowest BCUT2D eigenvalue weighted by Crippen LogP contribution is -1.94. The van der Waals surface area contributed by atoms with Gasteiger partial charge in [-0.25, -0.2) is 4.39 Å². The van der Waals surface area contributed by atoms with Gasteiger partial charge >= 0.3 is 0 Å². The maximum atomic E-state index is 14.0. The minimum absolute atomic E-state index is 0.118. The molecule has 0 bridgehead atoms. The Morgan fingerprint density at radius 2 is 1.96 bits per heavy atom. The molecule has 1 aromatic heterocycles. The highest BCUT2D eigenvalue weighted by Gasteiger charge is 2.15. The number of nitro benzene ring substituents is 1. The maximum Gasteiger partial charge on any atom is 0.272 e. The average molecular weight is 330 g/mol. The molecule has 0 aliphatic carbocycles. The molecular formula is C16H11FN2O5. The molecule has 3 aromatic rings. The van der Waals surface area contributed by atoms with Crippen LogP contribution in [-0.2, 0) is 0 Å². The van der Waals surface area contributed by atoms with Crippen molar-refractivity contribution in [1.29, 1.82) is 0 Å². The van der Waals surface area contributed by atoms with Gasteiger partial charge in [0.25, 0.3) is 5.69 Å². The van der Waals surface area contributed by atoms with Crippen molar-refractivity contribution in [3.63, 3.8) is 0 Å². The fraction of sp³-hybridized carbons (Fsp3) is 0.0625. The Hall–Kier alpha value is -3.42. The second-order valence-electron chi connectivity index (χ2n) is 4.82. The molecule has 2 aromatic carbocycles. The molecule has 1 N–H and O–H groups in total. The maximum absolute atomic E-state index is 14.0. The smallest absolute Gasteiger partial charge is 0.272 e. The molecule has 0 radical (unpaired) electrons. The van der Waals surface area contributed by atoms with Crippen molar-refractivity contribution in [2.75, 3.05) is 7.11 Å². The largest absolute Gasteiger partial charge is 0.504 e. The molecule has 0 atom stereocenters. The zero-order valence-electron chi connectivity index (χ0n) is 12.4. The van der Waals surface area contributed by atoms with Crippen molar-refractivity contribution in [2.24, 2.45) is 0 Å². The van der Waals surface area contributed by atoms with E-state index in [-0.39, 0.29) is 28.7 Å². The number of benzene rings is 2. The predicted octanol–water partition coefficient (Wildman–Crippen LogP) is 3.79. The third-order valence-electron chi connectivity index (χ3n) is 3.35. The van der Waals surface area contributed by atoms with Crippen molar-refractivity contribution >= 4 is 16.6 Å². The van der Waals surface area contributed by atoms with Gasteiger partial charge in [0.15, 0.2) is 23.1 Å². The van der Waals surface area contributed by atoms with Gasteiger partial charge in [0.2, 0.25) is 0 Å². The average Bonchev–Trinajstić information content (AvgIpc) is 2.56. The Balaban J connectivity index is 2.04. The minimum Gasteiger partial charge on any atom is -0.504 e. The Kier molecular flexibility index (Phi) is 3.87. The summed E-state index contributed by atoms with van der Waals surface area (Å²) in [6.45, 7) is 0. The summed E-state index contributed by atoms with van der Waals surface area (Å²) in [7, 11) is 1.41. The van der Waals surface area contributed by atoms with Crippen LogP contribution in [0.2, 0.25) is 0 Å². The van der Waals surface area contributed by atoms with Crippen LogP contribution >= 0.6 is 0 Å². The molecule has 0 aliphatic rings. The van der Waals surface area contributed by atoms with Crippen LogP contribution in [0.25, 0.3) is 10.9 Å². The van der Waals surface area contributed by atoms with Crippen molar-refractivity contribution in [3.8, 4) is 23.0 Å². The van der Waals surface area contributed by atoms with Crippen molar-refractivity contribution < 1.29 is 23.9 Å². The lowest BCUT2D eigenvalue weighted by molar-refractivity contribution is -0.385. The SMILES string of the molecule is COc1cc2nccc(Oc3ccc([N+](=O)[O-])cc3F)c2cc1O. The molecule has 0 amide bonds. The molecule has 8 heteroatoms. The van der Waals surface area contributed by atoms with Crippen LogP contribution < -0.4 is 9.47 Å². The van der Waals surface area contributed by atoms with Gasteiger partial charge in [-0.1, -0.05) is 0 Å². The van der Waals surface area contributed by atoms with Crippen LogP contribution in [0.5, 0.6) is 23.0 Å². The molecule has 0 aliphatic heterocycles. The number of hydrogen-bond donors (Lipinski definition) is 1. The van der Waals surface area contributed by atoms with E-state index in [1.807, 2.05) is 0 Å². The number of hydrogen-bond acceptors (Lipinski definition) is 6. The highest BCUT2D eigenvalue weighted by atomic mass is 19.1. The van der Waals surface area contributed by atoms with Crippen LogP contribution in [0.1, 0.15) is 0 Å². The summed E-state index contributed by atoms with van der Waals surface area (Å²) >= 11 is 0. The first-order valence-electron chi connectivity index (χ1n) is 6.77. The predicted molar refractivity (Wildman–Crippen MR) is 83.1 cm³/mol. The van der Waals surface area contributed by atoms with E-state index in [2.05, 4.69) is 4.98 Å². The fourth-order valence-corrected chi connectivity index (χ4v) is 2.19. The van der Waals surface area contributed by atoms with E-state index >= 15 is 0 Å². The molecule has 0 saturated carbocycles. The van der Waals surface area contributed by atoms with Gasteiger partial charge < -0.3 is 14.6 Å². The van der Waals surface area contributed by atoms with Crippen molar-refractivity contribution in [1.82, 2.24) is 4.98 Å². The zero-order chi connectivity index (χ0) is 17.3. The third-order valence-corrected chi connectivity index (χ3v) is 3.35. The van der Waals surface area contributed by atoms with E-state index in [9.17, 15) is 19.6 Å². The minimum atomic E-state index is -0.869. The van der Waals surface area contributed by atoms with E-state index in [1.54, 1.807) is 0 Å². The molecule has 0 spiro atoms. The molecule has 7 nitrogen and oxygen atoms in total. The van der Waals surface area contributed by atoms with Crippen LogP contribution in [-0.4, -0.2) is 22.1 Å². The quantitative estimate of drug-likeness (QED) is 0.578. The monoisotopic (exact) mass is 330 g/mol. The summed E-state index contributed by atoms with van der Waals surface area (Å²) in [5, 5.41) is 21.0. The first kappa shape index (κ1) is 15.5. The second kappa shape index (κ2) is 5.99. The molecule has 0 saturated heterocycles. The number of fused-ring (bicyclic) bond motifs is 1. The van der Waals surface area contributed by atoms with Gasteiger partial charge in [-0.3, -0.25) is 15.1 Å². The normalized spacial score (nSPS) is 10.6. The number of ether oxygens (including phenoxy) is 2. The van der Waals surface area contributed by atoms with E-state index < -0.39 is 10.7 Å². The Morgan fingerprint density at radius 3 is 2.62 bits per heavy atom. The number of non-ortho nitro benzene ring substituents is 1. The van der Waals surface area contributed by atoms with Crippen molar-refractivity contribution in [3.05, 3.63) is 58.5 Å². The zero-order valence-corrected chi connectivity index (χ0v) is 12.4. The number of pyridine rings is 1. The number of methoxy groups -OCH3 is 1.